The number of amides is 1. The fourth-order valence-corrected chi connectivity index (χ4v) is 3.82. The van der Waals surface area contributed by atoms with E-state index in [1.54, 1.807) is 18.1 Å². The van der Waals surface area contributed by atoms with Crippen LogP contribution in [0.1, 0.15) is 24.0 Å². The lowest BCUT2D eigenvalue weighted by atomic mass is 10.0. The molecule has 0 N–H and O–H groups in total. The van der Waals surface area contributed by atoms with E-state index in [2.05, 4.69) is 20.2 Å². The van der Waals surface area contributed by atoms with Crippen LogP contribution < -0.4 is 0 Å². The van der Waals surface area contributed by atoms with E-state index in [4.69, 9.17) is 16.1 Å². The first-order valence-corrected chi connectivity index (χ1v) is 9.72. The molecule has 152 valence electrons. The molecule has 1 aliphatic heterocycles. The normalized spacial score (nSPS) is 12.1. The number of rotatable bonds is 3. The van der Waals surface area contributed by atoms with Crippen molar-refractivity contribution in [3.63, 3.8) is 0 Å². The van der Waals surface area contributed by atoms with Crippen LogP contribution in [-0.2, 0) is 24.8 Å². The van der Waals surface area contributed by atoms with Gasteiger partial charge < -0.3 is 14.0 Å². The maximum atomic E-state index is 11.5. The summed E-state index contributed by atoms with van der Waals surface area (Å²) >= 11 is 6.28. The summed E-state index contributed by atoms with van der Waals surface area (Å²) in [6.45, 7) is 1.76. The van der Waals surface area contributed by atoms with Crippen LogP contribution >= 0.6 is 11.6 Å². The molecule has 1 amide bonds. The number of fused-ring (bicyclic) bond motifs is 5. The average molecular weight is 424 g/mol. The van der Waals surface area contributed by atoms with Crippen LogP contribution in [0.4, 0.5) is 0 Å². The Morgan fingerprint density at radius 1 is 1.33 bits per heavy atom. The lowest BCUT2D eigenvalue weighted by Gasteiger charge is -2.10. The predicted molar refractivity (Wildman–Crippen MR) is 109 cm³/mol. The first-order chi connectivity index (χ1) is 14.4. The molecule has 0 aliphatic carbocycles. The zero-order valence-corrected chi connectivity index (χ0v) is 17.4. The van der Waals surface area contributed by atoms with E-state index in [1.807, 2.05) is 36.0 Å². The molecule has 0 saturated carbocycles. The van der Waals surface area contributed by atoms with Gasteiger partial charge in [0, 0.05) is 49.8 Å². The highest BCUT2D eigenvalue weighted by Crippen LogP contribution is 2.38. The van der Waals surface area contributed by atoms with Gasteiger partial charge in [0.05, 0.1) is 23.6 Å². The van der Waals surface area contributed by atoms with Gasteiger partial charge in [0.25, 0.3) is 5.89 Å². The number of aromatic nitrogens is 6. The van der Waals surface area contributed by atoms with Gasteiger partial charge in [-0.1, -0.05) is 16.8 Å². The minimum absolute atomic E-state index is 0.0726. The number of imidazole rings is 1. The highest BCUT2D eigenvalue weighted by atomic mass is 35.5. The van der Waals surface area contributed by atoms with E-state index >= 15 is 0 Å². The van der Waals surface area contributed by atoms with Crippen molar-refractivity contribution in [2.24, 2.45) is 7.05 Å². The Labute approximate surface area is 176 Å². The standard InChI is InChI=1S/C20H18ClN7O2/c1-11(29)26(2)9-17-23-20(30-25-17)19-16-6-12-8-27(3)24-18(12)14-7-13(21)4-5-15(14)28(16)10-22-19/h4-5,7-8,10H,6,9H2,1-3H3. The second kappa shape index (κ2) is 6.81. The Morgan fingerprint density at radius 2 is 2.17 bits per heavy atom. The molecule has 4 heterocycles. The van der Waals surface area contributed by atoms with E-state index in [0.29, 0.717) is 28.9 Å². The number of nitrogens with zero attached hydrogens (tertiary/aromatic N) is 7. The summed E-state index contributed by atoms with van der Waals surface area (Å²) in [5, 5.41) is 9.30. The lowest BCUT2D eigenvalue weighted by Crippen LogP contribution is -2.23. The third-order valence-electron chi connectivity index (χ3n) is 5.19. The van der Waals surface area contributed by atoms with E-state index in [9.17, 15) is 4.79 Å². The number of carbonyl (C=O) groups excluding carboxylic acids is 1. The summed E-state index contributed by atoms with van der Waals surface area (Å²) in [7, 11) is 3.58. The fraction of sp³-hybridized carbons (Fsp3) is 0.250. The lowest BCUT2D eigenvalue weighted by molar-refractivity contribution is -0.128. The van der Waals surface area contributed by atoms with Crippen LogP contribution in [0.2, 0.25) is 5.02 Å². The van der Waals surface area contributed by atoms with Gasteiger partial charge in [-0.15, -0.1) is 0 Å². The van der Waals surface area contributed by atoms with Crippen LogP contribution in [0.15, 0.2) is 35.2 Å². The molecular formula is C20H18ClN7O2. The second-order valence-corrected chi connectivity index (χ2v) is 7.75. The Kier molecular flexibility index (Phi) is 4.21. The fourth-order valence-electron chi connectivity index (χ4n) is 3.65. The summed E-state index contributed by atoms with van der Waals surface area (Å²) in [6.07, 6.45) is 4.33. The van der Waals surface area contributed by atoms with Crippen molar-refractivity contribution in [2.75, 3.05) is 7.05 Å². The van der Waals surface area contributed by atoms with Crippen molar-refractivity contribution in [3.8, 4) is 28.5 Å². The highest BCUT2D eigenvalue weighted by molar-refractivity contribution is 6.31. The monoisotopic (exact) mass is 423 g/mol. The van der Waals surface area contributed by atoms with Crippen LogP contribution in [0.25, 0.3) is 28.5 Å². The van der Waals surface area contributed by atoms with Gasteiger partial charge in [-0.25, -0.2) is 4.98 Å². The maximum absolute atomic E-state index is 11.5. The first kappa shape index (κ1) is 18.6. The molecule has 0 saturated heterocycles. The Hall–Kier alpha value is -3.46. The quantitative estimate of drug-likeness (QED) is 0.443. The topological polar surface area (TPSA) is 94.9 Å². The molecule has 5 rings (SSSR count). The summed E-state index contributed by atoms with van der Waals surface area (Å²) in [4.78, 5) is 22.0. The van der Waals surface area contributed by atoms with Gasteiger partial charge >= 0.3 is 0 Å². The zero-order valence-electron chi connectivity index (χ0n) is 16.6. The third-order valence-corrected chi connectivity index (χ3v) is 5.42. The molecule has 1 aromatic carbocycles. The van der Waals surface area contributed by atoms with Crippen molar-refractivity contribution in [1.82, 2.24) is 34.4 Å². The Balaban J connectivity index is 1.62. The van der Waals surface area contributed by atoms with Crippen LogP contribution in [0, 0.1) is 0 Å². The molecule has 0 fully saturated rings. The molecular weight excluding hydrogens is 406 g/mol. The van der Waals surface area contributed by atoms with Crippen molar-refractivity contribution >= 4 is 17.5 Å². The average Bonchev–Trinajstić information content (AvgIpc) is 3.39. The van der Waals surface area contributed by atoms with Gasteiger partial charge in [-0.05, 0) is 18.2 Å². The minimum atomic E-state index is -0.0726. The number of hydrogen-bond acceptors (Lipinski definition) is 6. The summed E-state index contributed by atoms with van der Waals surface area (Å²) in [5.41, 5.74) is 5.34. The first-order valence-electron chi connectivity index (χ1n) is 9.34. The van der Waals surface area contributed by atoms with Crippen LogP contribution in [0.5, 0.6) is 0 Å². The van der Waals surface area contributed by atoms with Gasteiger partial charge in [0.2, 0.25) is 5.91 Å². The molecule has 10 heteroatoms. The second-order valence-electron chi connectivity index (χ2n) is 7.32. The summed E-state index contributed by atoms with van der Waals surface area (Å²) in [5.74, 6) is 0.669. The number of hydrogen-bond donors (Lipinski definition) is 0. The maximum Gasteiger partial charge on any atom is 0.278 e. The number of benzene rings is 1. The Morgan fingerprint density at radius 3 is 2.97 bits per heavy atom. The Bertz CT molecular complexity index is 1290. The molecule has 0 unspecified atom stereocenters. The van der Waals surface area contributed by atoms with Crippen molar-refractivity contribution in [2.45, 2.75) is 19.9 Å². The molecule has 0 radical (unpaired) electrons. The minimum Gasteiger partial charge on any atom is -0.338 e. The van der Waals surface area contributed by atoms with Crippen molar-refractivity contribution in [1.29, 1.82) is 0 Å². The number of halogens is 1. The van der Waals surface area contributed by atoms with E-state index in [-0.39, 0.29) is 12.5 Å². The molecule has 0 bridgehead atoms. The molecule has 4 aromatic rings. The summed E-state index contributed by atoms with van der Waals surface area (Å²) in [6, 6.07) is 5.72. The van der Waals surface area contributed by atoms with E-state index in [1.165, 1.54) is 11.8 Å². The zero-order chi connectivity index (χ0) is 21.0. The molecule has 9 nitrogen and oxygen atoms in total. The van der Waals surface area contributed by atoms with E-state index < -0.39 is 0 Å². The molecule has 30 heavy (non-hydrogen) atoms. The van der Waals surface area contributed by atoms with Crippen molar-refractivity contribution < 1.29 is 9.32 Å². The van der Waals surface area contributed by atoms with Gasteiger partial charge in [0.15, 0.2) is 11.5 Å². The van der Waals surface area contributed by atoms with Crippen molar-refractivity contribution in [3.05, 3.63) is 52.8 Å². The van der Waals surface area contributed by atoms with Gasteiger partial charge in [0.1, 0.15) is 6.33 Å². The molecule has 1 aliphatic rings. The number of carbonyl (C=O) groups is 1. The molecule has 0 atom stereocenters. The van der Waals surface area contributed by atoms with Gasteiger partial charge in [-0.2, -0.15) is 10.1 Å². The third kappa shape index (κ3) is 2.98. The SMILES string of the molecule is CC(=O)N(C)Cc1noc(-c2ncn3c2Cc2cn(C)nc2-c2cc(Cl)ccc2-3)n1. The number of aryl methyl sites for hydroxylation is 1. The van der Waals surface area contributed by atoms with Crippen LogP contribution in [0.3, 0.4) is 0 Å². The summed E-state index contributed by atoms with van der Waals surface area (Å²) < 4.78 is 9.28. The van der Waals surface area contributed by atoms with E-state index in [0.717, 1.165) is 28.2 Å². The largest absolute Gasteiger partial charge is 0.338 e. The molecule has 3 aromatic heterocycles. The highest BCUT2D eigenvalue weighted by Gasteiger charge is 2.27. The molecule has 0 spiro atoms. The van der Waals surface area contributed by atoms with Crippen LogP contribution in [-0.4, -0.2) is 47.3 Å². The predicted octanol–water partition coefficient (Wildman–Crippen LogP) is 2.86. The smallest absolute Gasteiger partial charge is 0.278 e. The van der Waals surface area contributed by atoms with Gasteiger partial charge in [-0.3, -0.25) is 9.48 Å².